The number of allylic oxidation sites excluding steroid dienone is 1. The standard InChI is InChI=1S/C21H30O4/c1-20(2)10-5-11-21(3)16(8-6-14-12-18(22)25-13-14)15(19(23)24-4)7-9-17(20)21/h7,12,16-17H,5-6,8-11,13H2,1-4H3/t16-,17-,21+/m0/s1. The van der Waals surface area contributed by atoms with Gasteiger partial charge >= 0.3 is 11.9 Å². The third kappa shape index (κ3) is 3.28. The Morgan fingerprint density at radius 1 is 1.32 bits per heavy atom. The summed E-state index contributed by atoms with van der Waals surface area (Å²) in [5.41, 5.74) is 2.26. The first-order chi connectivity index (χ1) is 11.8. The minimum Gasteiger partial charge on any atom is -0.466 e. The van der Waals surface area contributed by atoms with Crippen LogP contribution in [0, 0.1) is 22.7 Å². The molecule has 0 N–H and O–H groups in total. The van der Waals surface area contributed by atoms with Crippen molar-refractivity contribution in [3.63, 3.8) is 0 Å². The topological polar surface area (TPSA) is 52.6 Å². The SMILES string of the molecule is COC(=O)C1=CC[C@H]2C(C)(C)CCC[C@]2(C)[C@H]1CCC1=CC(=O)OC1. The molecule has 4 nitrogen and oxygen atoms in total. The van der Waals surface area contributed by atoms with Crippen LogP contribution in [-0.2, 0) is 19.1 Å². The lowest BCUT2D eigenvalue weighted by molar-refractivity contribution is -0.139. The van der Waals surface area contributed by atoms with Crippen molar-refractivity contribution in [3.8, 4) is 0 Å². The summed E-state index contributed by atoms with van der Waals surface area (Å²) in [5, 5.41) is 0. The first-order valence-corrected chi connectivity index (χ1v) is 9.42. The Balaban J connectivity index is 1.89. The Labute approximate surface area is 150 Å². The van der Waals surface area contributed by atoms with Crippen molar-refractivity contribution >= 4 is 11.9 Å². The molecule has 0 radical (unpaired) electrons. The molecule has 0 saturated heterocycles. The van der Waals surface area contributed by atoms with Gasteiger partial charge in [0.15, 0.2) is 0 Å². The van der Waals surface area contributed by atoms with Gasteiger partial charge in [-0.2, -0.15) is 0 Å². The van der Waals surface area contributed by atoms with Gasteiger partial charge in [0.25, 0.3) is 0 Å². The summed E-state index contributed by atoms with van der Waals surface area (Å²) >= 11 is 0. The molecule has 1 saturated carbocycles. The fourth-order valence-corrected chi connectivity index (χ4v) is 5.63. The van der Waals surface area contributed by atoms with Crippen LogP contribution in [0.3, 0.4) is 0 Å². The lowest BCUT2D eigenvalue weighted by atomic mass is 9.48. The van der Waals surface area contributed by atoms with E-state index in [1.165, 1.54) is 20.0 Å². The van der Waals surface area contributed by atoms with Crippen LogP contribution < -0.4 is 0 Å². The normalized spacial score (nSPS) is 33.8. The highest BCUT2D eigenvalue weighted by molar-refractivity contribution is 5.89. The van der Waals surface area contributed by atoms with Gasteiger partial charge in [-0.1, -0.05) is 33.3 Å². The highest BCUT2D eigenvalue weighted by Gasteiger charge is 2.53. The summed E-state index contributed by atoms with van der Waals surface area (Å²) in [6.45, 7) is 7.50. The predicted octanol–water partition coefficient (Wildman–Crippen LogP) is 4.20. The van der Waals surface area contributed by atoms with Crippen molar-refractivity contribution in [2.24, 2.45) is 22.7 Å². The van der Waals surface area contributed by atoms with Crippen molar-refractivity contribution in [2.45, 2.75) is 59.3 Å². The second-order valence-corrected chi connectivity index (χ2v) is 8.79. The molecule has 2 aliphatic carbocycles. The molecule has 0 unspecified atom stereocenters. The Kier molecular flexibility index (Phi) is 4.82. The fraction of sp³-hybridized carbons (Fsp3) is 0.714. The van der Waals surface area contributed by atoms with Crippen molar-refractivity contribution in [3.05, 3.63) is 23.3 Å². The Morgan fingerprint density at radius 2 is 2.08 bits per heavy atom. The van der Waals surface area contributed by atoms with Crippen LogP contribution in [0.15, 0.2) is 23.3 Å². The van der Waals surface area contributed by atoms with Crippen LogP contribution in [-0.4, -0.2) is 25.7 Å². The molecule has 0 aromatic carbocycles. The number of rotatable bonds is 4. The smallest absolute Gasteiger partial charge is 0.333 e. The number of hydrogen-bond acceptors (Lipinski definition) is 4. The van der Waals surface area contributed by atoms with Crippen molar-refractivity contribution in [1.29, 1.82) is 0 Å². The highest BCUT2D eigenvalue weighted by Crippen LogP contribution is 2.60. The van der Waals surface area contributed by atoms with E-state index in [2.05, 4.69) is 26.8 Å². The summed E-state index contributed by atoms with van der Waals surface area (Å²) in [4.78, 5) is 23.7. The number of fused-ring (bicyclic) bond motifs is 1. The maximum absolute atomic E-state index is 12.4. The van der Waals surface area contributed by atoms with Gasteiger partial charge < -0.3 is 9.47 Å². The first-order valence-electron chi connectivity index (χ1n) is 9.42. The molecule has 0 aromatic heterocycles. The second kappa shape index (κ2) is 6.62. The third-order valence-electron chi connectivity index (χ3n) is 6.92. The van der Waals surface area contributed by atoms with Gasteiger partial charge in [0.05, 0.1) is 7.11 Å². The Hall–Kier alpha value is -1.58. The molecule has 0 bridgehead atoms. The van der Waals surface area contributed by atoms with Crippen LogP contribution in [0.2, 0.25) is 0 Å². The second-order valence-electron chi connectivity index (χ2n) is 8.79. The molecular formula is C21H30O4. The number of cyclic esters (lactones) is 1. The molecule has 0 aromatic rings. The minimum atomic E-state index is -0.245. The van der Waals surface area contributed by atoms with E-state index in [9.17, 15) is 9.59 Å². The lowest BCUT2D eigenvalue weighted by Gasteiger charge is -2.56. The molecule has 1 aliphatic heterocycles. The third-order valence-corrected chi connectivity index (χ3v) is 6.92. The fourth-order valence-electron chi connectivity index (χ4n) is 5.63. The average molecular weight is 346 g/mol. The van der Waals surface area contributed by atoms with E-state index in [1.54, 1.807) is 6.08 Å². The summed E-state index contributed by atoms with van der Waals surface area (Å²) in [5.74, 6) is 0.309. The van der Waals surface area contributed by atoms with Gasteiger partial charge in [-0.05, 0) is 60.3 Å². The lowest BCUT2D eigenvalue weighted by Crippen LogP contribution is -2.49. The predicted molar refractivity (Wildman–Crippen MR) is 95.7 cm³/mol. The van der Waals surface area contributed by atoms with Gasteiger partial charge in [0, 0.05) is 11.6 Å². The van der Waals surface area contributed by atoms with E-state index in [-0.39, 0.29) is 28.7 Å². The molecule has 4 heteroatoms. The maximum atomic E-state index is 12.4. The molecule has 1 fully saturated rings. The Morgan fingerprint density at radius 3 is 2.72 bits per heavy atom. The van der Waals surface area contributed by atoms with Crippen LogP contribution >= 0.6 is 0 Å². The summed E-state index contributed by atoms with van der Waals surface area (Å²) in [6, 6.07) is 0. The average Bonchev–Trinajstić information content (AvgIpc) is 2.96. The van der Waals surface area contributed by atoms with E-state index in [4.69, 9.17) is 9.47 Å². The highest BCUT2D eigenvalue weighted by atomic mass is 16.5. The Bertz CT molecular complexity index is 628. The molecule has 3 aliphatic rings. The zero-order chi connectivity index (χ0) is 18.2. The molecule has 25 heavy (non-hydrogen) atoms. The van der Waals surface area contributed by atoms with Gasteiger partial charge in [-0.15, -0.1) is 0 Å². The largest absolute Gasteiger partial charge is 0.466 e. The molecular weight excluding hydrogens is 316 g/mol. The van der Waals surface area contributed by atoms with Gasteiger partial charge in [-0.25, -0.2) is 9.59 Å². The van der Waals surface area contributed by atoms with E-state index in [0.717, 1.165) is 36.8 Å². The molecule has 0 spiro atoms. The van der Waals surface area contributed by atoms with E-state index in [0.29, 0.717) is 12.5 Å². The van der Waals surface area contributed by atoms with Crippen molar-refractivity contribution in [2.75, 3.05) is 13.7 Å². The van der Waals surface area contributed by atoms with Crippen LogP contribution in [0.5, 0.6) is 0 Å². The number of esters is 2. The van der Waals surface area contributed by atoms with Crippen LogP contribution in [0.25, 0.3) is 0 Å². The van der Waals surface area contributed by atoms with Crippen molar-refractivity contribution < 1.29 is 19.1 Å². The zero-order valence-electron chi connectivity index (χ0n) is 15.9. The van der Waals surface area contributed by atoms with E-state index >= 15 is 0 Å². The minimum absolute atomic E-state index is 0.101. The van der Waals surface area contributed by atoms with E-state index < -0.39 is 0 Å². The molecule has 1 heterocycles. The van der Waals surface area contributed by atoms with Crippen molar-refractivity contribution in [1.82, 2.24) is 0 Å². The molecule has 3 atom stereocenters. The van der Waals surface area contributed by atoms with Crippen LogP contribution in [0.4, 0.5) is 0 Å². The molecule has 3 rings (SSSR count). The number of hydrogen-bond donors (Lipinski definition) is 0. The van der Waals surface area contributed by atoms with Crippen LogP contribution in [0.1, 0.15) is 59.3 Å². The maximum Gasteiger partial charge on any atom is 0.333 e. The molecule has 0 amide bonds. The zero-order valence-corrected chi connectivity index (χ0v) is 15.9. The molecule has 138 valence electrons. The van der Waals surface area contributed by atoms with Gasteiger partial charge in [-0.3, -0.25) is 0 Å². The number of carbonyl (C=O) groups excluding carboxylic acids is 2. The summed E-state index contributed by atoms with van der Waals surface area (Å²) in [6.07, 6.45) is 9.95. The van der Waals surface area contributed by atoms with Gasteiger partial charge in [0.2, 0.25) is 0 Å². The number of carbonyl (C=O) groups is 2. The van der Waals surface area contributed by atoms with E-state index in [1.807, 2.05) is 0 Å². The quantitative estimate of drug-likeness (QED) is 0.716. The summed E-state index contributed by atoms with van der Waals surface area (Å²) in [7, 11) is 1.46. The van der Waals surface area contributed by atoms with Gasteiger partial charge in [0.1, 0.15) is 6.61 Å². The first kappa shape index (κ1) is 18.2. The number of methoxy groups -OCH3 is 1. The number of ether oxygens (including phenoxy) is 2. The summed E-state index contributed by atoms with van der Waals surface area (Å²) < 4.78 is 10.1. The monoisotopic (exact) mass is 346 g/mol.